The zero-order valence-electron chi connectivity index (χ0n) is 20.3. The minimum atomic E-state index is -0.621. The number of rotatable bonds is 12. The molecule has 33 heavy (non-hydrogen) atoms. The molecule has 0 radical (unpaired) electrons. The molecule has 1 aliphatic carbocycles. The molecule has 1 saturated carbocycles. The van der Waals surface area contributed by atoms with Crippen molar-refractivity contribution in [1.29, 1.82) is 0 Å². The molecule has 2 aromatic carbocycles. The van der Waals surface area contributed by atoms with Crippen molar-refractivity contribution in [3.8, 4) is 11.5 Å². The molecule has 2 unspecified atom stereocenters. The summed E-state index contributed by atoms with van der Waals surface area (Å²) in [6.45, 7) is 7.52. The number of hydrogen-bond donors (Lipinski definition) is 2. The first-order valence-electron chi connectivity index (χ1n) is 12.3. The summed E-state index contributed by atoms with van der Waals surface area (Å²) < 4.78 is 17.4. The van der Waals surface area contributed by atoms with Crippen LogP contribution < -0.4 is 9.47 Å². The van der Waals surface area contributed by atoms with Gasteiger partial charge in [-0.2, -0.15) is 0 Å². The Balaban J connectivity index is 1.49. The Bertz CT molecular complexity index is 809. The van der Waals surface area contributed by atoms with Crippen molar-refractivity contribution >= 4 is 0 Å². The number of ether oxygens (including phenoxy) is 3. The zero-order valence-corrected chi connectivity index (χ0v) is 20.3. The molecule has 0 amide bonds. The number of aliphatic hydroxyl groups is 2. The summed E-state index contributed by atoms with van der Waals surface area (Å²) in [6, 6.07) is 16.2. The number of aliphatic hydroxyl groups excluding tert-OH is 2. The van der Waals surface area contributed by atoms with Gasteiger partial charge in [-0.05, 0) is 48.2 Å². The highest BCUT2D eigenvalue weighted by atomic mass is 16.5. The average Bonchev–Trinajstić information content (AvgIpc) is 2.86. The van der Waals surface area contributed by atoms with E-state index in [1.807, 2.05) is 31.2 Å². The Kier molecular flexibility index (Phi) is 9.60. The van der Waals surface area contributed by atoms with Crippen LogP contribution in [0, 0.1) is 5.92 Å². The zero-order chi connectivity index (χ0) is 23.7. The van der Waals surface area contributed by atoms with Crippen molar-refractivity contribution in [3.05, 3.63) is 59.7 Å². The molecule has 2 aromatic rings. The summed E-state index contributed by atoms with van der Waals surface area (Å²) in [5.74, 6) is 1.67. The highest BCUT2D eigenvalue weighted by Gasteiger charge is 2.23. The monoisotopic (exact) mass is 456 g/mol. The standard InChI is InChI=1S/C28H40O5/c1-21(17-29)18-31-26-13-9-22(10-14-26)28(2,3)23-11-15-27(16-12-23)33-20-24(30)19-32-25-7-5-4-6-8-25/h9-16,21,24-25,29-30H,4-8,17-20H2,1-3H3. The van der Waals surface area contributed by atoms with E-state index in [4.69, 9.17) is 19.3 Å². The van der Waals surface area contributed by atoms with Crippen LogP contribution in [-0.4, -0.2) is 48.8 Å². The van der Waals surface area contributed by atoms with E-state index >= 15 is 0 Å². The van der Waals surface area contributed by atoms with Crippen LogP contribution in [0.2, 0.25) is 0 Å². The van der Waals surface area contributed by atoms with Crippen molar-refractivity contribution in [2.45, 2.75) is 70.5 Å². The minimum Gasteiger partial charge on any atom is -0.493 e. The molecule has 0 bridgehead atoms. The molecule has 0 heterocycles. The number of hydrogen-bond acceptors (Lipinski definition) is 5. The third-order valence-electron chi connectivity index (χ3n) is 6.52. The minimum absolute atomic E-state index is 0.118. The third-order valence-corrected chi connectivity index (χ3v) is 6.52. The lowest BCUT2D eigenvalue weighted by Crippen LogP contribution is -2.27. The van der Waals surface area contributed by atoms with Crippen LogP contribution in [0.25, 0.3) is 0 Å². The van der Waals surface area contributed by atoms with Gasteiger partial charge in [0, 0.05) is 17.9 Å². The summed E-state index contributed by atoms with van der Waals surface area (Å²) in [7, 11) is 0. The van der Waals surface area contributed by atoms with E-state index in [0.29, 0.717) is 19.3 Å². The van der Waals surface area contributed by atoms with E-state index < -0.39 is 6.10 Å². The predicted octanol–water partition coefficient (Wildman–Crippen LogP) is 5.11. The highest BCUT2D eigenvalue weighted by Crippen LogP contribution is 2.33. The lowest BCUT2D eigenvalue weighted by molar-refractivity contribution is -0.0363. The van der Waals surface area contributed by atoms with Gasteiger partial charge in [0.05, 0.1) is 19.3 Å². The maximum atomic E-state index is 10.2. The van der Waals surface area contributed by atoms with Crippen LogP contribution in [0.15, 0.2) is 48.5 Å². The van der Waals surface area contributed by atoms with Gasteiger partial charge in [0.1, 0.15) is 24.2 Å². The molecule has 0 aliphatic heterocycles. The Hall–Kier alpha value is -2.08. The lowest BCUT2D eigenvalue weighted by atomic mass is 9.78. The van der Waals surface area contributed by atoms with Crippen LogP contribution in [0.1, 0.15) is 64.0 Å². The summed E-state index contributed by atoms with van der Waals surface area (Å²) in [5.41, 5.74) is 2.19. The fraction of sp³-hybridized carbons (Fsp3) is 0.571. The second kappa shape index (κ2) is 12.4. The molecule has 2 atom stereocenters. The summed E-state index contributed by atoms with van der Waals surface area (Å²) in [6.07, 6.45) is 5.61. The Morgan fingerprint density at radius 3 is 1.85 bits per heavy atom. The third kappa shape index (κ3) is 7.73. The van der Waals surface area contributed by atoms with Gasteiger partial charge in [0.15, 0.2) is 0 Å². The van der Waals surface area contributed by atoms with E-state index in [-0.39, 0.29) is 24.5 Å². The summed E-state index contributed by atoms with van der Waals surface area (Å²) >= 11 is 0. The van der Waals surface area contributed by atoms with Gasteiger partial charge in [-0.1, -0.05) is 64.3 Å². The smallest absolute Gasteiger partial charge is 0.119 e. The topological polar surface area (TPSA) is 68.2 Å². The van der Waals surface area contributed by atoms with Crippen molar-refractivity contribution in [3.63, 3.8) is 0 Å². The van der Waals surface area contributed by atoms with E-state index in [9.17, 15) is 5.11 Å². The molecule has 0 spiro atoms. The van der Waals surface area contributed by atoms with Gasteiger partial charge in [-0.25, -0.2) is 0 Å². The van der Waals surface area contributed by atoms with Gasteiger partial charge < -0.3 is 24.4 Å². The van der Waals surface area contributed by atoms with Crippen molar-refractivity contribution in [2.75, 3.05) is 26.4 Å². The first-order valence-corrected chi connectivity index (χ1v) is 12.3. The molecule has 0 saturated heterocycles. The van der Waals surface area contributed by atoms with Crippen LogP contribution in [0.5, 0.6) is 11.5 Å². The highest BCUT2D eigenvalue weighted by molar-refractivity contribution is 5.41. The molecule has 2 N–H and O–H groups in total. The molecule has 0 aromatic heterocycles. The predicted molar refractivity (Wildman–Crippen MR) is 131 cm³/mol. The van der Waals surface area contributed by atoms with Crippen molar-refractivity contribution in [1.82, 2.24) is 0 Å². The maximum Gasteiger partial charge on any atom is 0.119 e. The summed E-state index contributed by atoms with van der Waals surface area (Å²) in [4.78, 5) is 0. The summed E-state index contributed by atoms with van der Waals surface area (Å²) in [5, 5.41) is 19.3. The van der Waals surface area contributed by atoms with Crippen molar-refractivity contribution in [2.24, 2.45) is 5.92 Å². The van der Waals surface area contributed by atoms with Crippen LogP contribution >= 0.6 is 0 Å². The quantitative estimate of drug-likeness (QED) is 0.465. The van der Waals surface area contributed by atoms with Crippen molar-refractivity contribution < 1.29 is 24.4 Å². The fourth-order valence-electron chi connectivity index (χ4n) is 4.11. The maximum absolute atomic E-state index is 10.2. The van der Waals surface area contributed by atoms with E-state index in [0.717, 1.165) is 24.3 Å². The van der Waals surface area contributed by atoms with Gasteiger partial charge in [0.2, 0.25) is 0 Å². The lowest BCUT2D eigenvalue weighted by Gasteiger charge is -2.27. The van der Waals surface area contributed by atoms with E-state index in [1.165, 1.54) is 30.4 Å². The van der Waals surface area contributed by atoms with Gasteiger partial charge in [0.25, 0.3) is 0 Å². The second-order valence-electron chi connectivity index (χ2n) is 9.83. The first kappa shape index (κ1) is 25.5. The largest absolute Gasteiger partial charge is 0.493 e. The van der Waals surface area contributed by atoms with Gasteiger partial charge in [-0.15, -0.1) is 0 Å². The molecular weight excluding hydrogens is 416 g/mol. The Morgan fingerprint density at radius 1 is 0.818 bits per heavy atom. The Labute approximate surface area is 198 Å². The van der Waals surface area contributed by atoms with Crippen LogP contribution in [-0.2, 0) is 10.2 Å². The molecule has 3 rings (SSSR count). The SMILES string of the molecule is CC(CO)COc1ccc(C(C)(C)c2ccc(OCC(O)COC3CCCCC3)cc2)cc1. The second-order valence-corrected chi connectivity index (χ2v) is 9.83. The molecular formula is C28H40O5. The average molecular weight is 457 g/mol. The fourth-order valence-corrected chi connectivity index (χ4v) is 4.11. The number of benzene rings is 2. The Morgan fingerprint density at radius 2 is 1.33 bits per heavy atom. The van der Waals surface area contributed by atoms with Gasteiger partial charge in [-0.3, -0.25) is 0 Å². The molecule has 5 heteroatoms. The van der Waals surface area contributed by atoms with Crippen LogP contribution in [0.3, 0.4) is 0 Å². The molecule has 5 nitrogen and oxygen atoms in total. The van der Waals surface area contributed by atoms with Crippen LogP contribution in [0.4, 0.5) is 0 Å². The normalized spacial score (nSPS) is 16.9. The van der Waals surface area contributed by atoms with Gasteiger partial charge >= 0.3 is 0 Å². The molecule has 1 aliphatic rings. The molecule has 1 fully saturated rings. The van der Waals surface area contributed by atoms with E-state index in [2.05, 4.69) is 38.1 Å². The van der Waals surface area contributed by atoms with E-state index in [1.54, 1.807) is 0 Å². The molecule has 182 valence electrons. The first-order chi connectivity index (χ1) is 15.9.